The first-order valence-corrected chi connectivity index (χ1v) is 7.38. The largest absolute Gasteiger partial charge is 0.367 e. The molecule has 1 aromatic carbocycles. The number of nitrogens with two attached hydrogens (primary N) is 1. The maximum absolute atomic E-state index is 6.05. The molecule has 2 heteroatoms. The Labute approximate surface area is 111 Å². The highest BCUT2D eigenvalue weighted by Gasteiger charge is 2.30. The van der Waals surface area contributed by atoms with Crippen LogP contribution >= 0.6 is 0 Å². The third kappa shape index (κ3) is 3.05. The Morgan fingerprint density at radius 1 is 1.28 bits per heavy atom. The van der Waals surface area contributed by atoms with Gasteiger partial charge >= 0.3 is 0 Å². The molecule has 0 aromatic heterocycles. The zero-order chi connectivity index (χ0) is 12.8. The molecule has 1 aromatic rings. The van der Waals surface area contributed by atoms with E-state index in [1.807, 2.05) is 0 Å². The summed E-state index contributed by atoms with van der Waals surface area (Å²) >= 11 is 0. The third-order valence-electron chi connectivity index (χ3n) is 4.18. The molecule has 0 bridgehead atoms. The molecule has 0 heterocycles. The lowest BCUT2D eigenvalue weighted by atomic mass is 9.79. The summed E-state index contributed by atoms with van der Waals surface area (Å²) in [4.78, 5) is 2.55. The summed E-state index contributed by atoms with van der Waals surface area (Å²) in [5.41, 5.74) is 7.39. The van der Waals surface area contributed by atoms with E-state index < -0.39 is 0 Å². The predicted octanol–water partition coefficient (Wildman–Crippen LogP) is 3.42. The van der Waals surface area contributed by atoms with Crippen LogP contribution in [-0.2, 0) is 0 Å². The predicted molar refractivity (Wildman–Crippen MR) is 78.9 cm³/mol. The molecule has 0 radical (unpaired) electrons. The lowest BCUT2D eigenvalue weighted by Gasteiger charge is -2.42. The number of rotatable bonds is 7. The summed E-state index contributed by atoms with van der Waals surface area (Å²) in [5, 5.41) is 0. The van der Waals surface area contributed by atoms with Crippen molar-refractivity contribution in [1.29, 1.82) is 0 Å². The van der Waals surface area contributed by atoms with Gasteiger partial charge in [-0.15, -0.1) is 0 Å². The number of para-hydroxylation sites is 1. The monoisotopic (exact) mass is 246 g/mol. The standard InChI is InChI=1S/C16H26N2/c1-2-3-12-18(15-10-5-4-6-11-15)16(13-17)14-8-7-9-14/h4-6,10-11,14,16H,2-3,7-9,12-13,17H2,1H3. The summed E-state index contributed by atoms with van der Waals surface area (Å²) in [5.74, 6) is 0.812. The quantitative estimate of drug-likeness (QED) is 0.798. The van der Waals surface area contributed by atoms with Crippen molar-refractivity contribution in [3.8, 4) is 0 Å². The highest BCUT2D eigenvalue weighted by Crippen LogP contribution is 2.34. The molecule has 2 N–H and O–H groups in total. The van der Waals surface area contributed by atoms with Gasteiger partial charge in [-0.05, 0) is 37.3 Å². The van der Waals surface area contributed by atoms with E-state index in [-0.39, 0.29) is 0 Å². The van der Waals surface area contributed by atoms with Crippen LogP contribution in [-0.4, -0.2) is 19.1 Å². The van der Waals surface area contributed by atoms with E-state index in [4.69, 9.17) is 5.73 Å². The number of benzene rings is 1. The zero-order valence-electron chi connectivity index (χ0n) is 11.5. The van der Waals surface area contributed by atoms with Crippen LogP contribution in [0.4, 0.5) is 5.69 Å². The van der Waals surface area contributed by atoms with Crippen LogP contribution in [0.25, 0.3) is 0 Å². The number of anilines is 1. The average molecular weight is 246 g/mol. The van der Waals surface area contributed by atoms with E-state index in [0.717, 1.165) is 19.0 Å². The van der Waals surface area contributed by atoms with Crippen molar-refractivity contribution in [2.24, 2.45) is 11.7 Å². The average Bonchev–Trinajstić information content (AvgIpc) is 2.36. The Kier molecular flexibility index (Phi) is 5.06. The highest BCUT2D eigenvalue weighted by molar-refractivity contribution is 5.47. The van der Waals surface area contributed by atoms with Crippen molar-refractivity contribution in [2.45, 2.75) is 45.1 Å². The van der Waals surface area contributed by atoms with Gasteiger partial charge in [-0.25, -0.2) is 0 Å². The van der Waals surface area contributed by atoms with E-state index in [2.05, 4.69) is 42.2 Å². The summed E-state index contributed by atoms with van der Waals surface area (Å²) in [6.07, 6.45) is 6.59. The second-order valence-electron chi connectivity index (χ2n) is 5.38. The van der Waals surface area contributed by atoms with Crippen LogP contribution in [0, 0.1) is 5.92 Å². The minimum Gasteiger partial charge on any atom is -0.367 e. The van der Waals surface area contributed by atoms with Gasteiger partial charge in [0.2, 0.25) is 0 Å². The van der Waals surface area contributed by atoms with Crippen LogP contribution < -0.4 is 10.6 Å². The van der Waals surface area contributed by atoms with Gasteiger partial charge in [-0.2, -0.15) is 0 Å². The number of unbranched alkanes of at least 4 members (excludes halogenated alkanes) is 1. The van der Waals surface area contributed by atoms with Crippen molar-refractivity contribution in [3.05, 3.63) is 30.3 Å². The van der Waals surface area contributed by atoms with Crippen molar-refractivity contribution in [1.82, 2.24) is 0 Å². The molecule has 1 unspecified atom stereocenters. The fourth-order valence-corrected chi connectivity index (χ4v) is 2.83. The number of nitrogens with zero attached hydrogens (tertiary/aromatic N) is 1. The van der Waals surface area contributed by atoms with Crippen LogP contribution in [0.1, 0.15) is 39.0 Å². The molecule has 1 saturated carbocycles. The maximum Gasteiger partial charge on any atom is 0.0440 e. The van der Waals surface area contributed by atoms with Crippen LogP contribution in [0.15, 0.2) is 30.3 Å². The van der Waals surface area contributed by atoms with Crippen molar-refractivity contribution in [3.63, 3.8) is 0 Å². The van der Waals surface area contributed by atoms with Gasteiger partial charge in [-0.1, -0.05) is 38.0 Å². The van der Waals surface area contributed by atoms with Gasteiger partial charge in [0.1, 0.15) is 0 Å². The zero-order valence-corrected chi connectivity index (χ0v) is 11.5. The summed E-state index contributed by atoms with van der Waals surface area (Å²) in [7, 11) is 0. The fourth-order valence-electron chi connectivity index (χ4n) is 2.83. The Hall–Kier alpha value is -1.02. The Balaban J connectivity index is 2.12. The molecule has 0 amide bonds. The molecular weight excluding hydrogens is 220 g/mol. The maximum atomic E-state index is 6.05. The Morgan fingerprint density at radius 2 is 2.00 bits per heavy atom. The van der Waals surface area contributed by atoms with Gasteiger partial charge in [0.15, 0.2) is 0 Å². The lowest BCUT2D eigenvalue weighted by Crippen LogP contribution is -2.48. The first kappa shape index (κ1) is 13.4. The molecule has 2 nitrogen and oxygen atoms in total. The van der Waals surface area contributed by atoms with Crippen molar-refractivity contribution >= 4 is 5.69 Å². The molecule has 18 heavy (non-hydrogen) atoms. The first-order chi connectivity index (χ1) is 8.86. The van der Waals surface area contributed by atoms with Crippen molar-refractivity contribution < 1.29 is 0 Å². The molecule has 0 aliphatic heterocycles. The number of hydrogen-bond acceptors (Lipinski definition) is 2. The molecule has 1 fully saturated rings. The highest BCUT2D eigenvalue weighted by atomic mass is 15.2. The summed E-state index contributed by atoms with van der Waals surface area (Å²) in [6, 6.07) is 11.3. The number of hydrogen-bond donors (Lipinski definition) is 1. The SMILES string of the molecule is CCCCN(c1ccccc1)C(CN)C1CCC1. The Bertz CT molecular complexity index is 332. The van der Waals surface area contributed by atoms with E-state index in [1.165, 1.54) is 37.8 Å². The second-order valence-corrected chi connectivity index (χ2v) is 5.38. The van der Waals surface area contributed by atoms with Crippen LogP contribution in [0.5, 0.6) is 0 Å². The third-order valence-corrected chi connectivity index (χ3v) is 4.18. The molecular formula is C16H26N2. The topological polar surface area (TPSA) is 29.3 Å². The molecule has 1 aliphatic carbocycles. The molecule has 100 valence electrons. The minimum absolute atomic E-state index is 0.535. The van der Waals surface area contributed by atoms with Gasteiger partial charge in [0, 0.05) is 24.8 Å². The first-order valence-electron chi connectivity index (χ1n) is 7.38. The van der Waals surface area contributed by atoms with E-state index in [1.54, 1.807) is 0 Å². The molecule has 1 atom stereocenters. The molecule has 0 spiro atoms. The van der Waals surface area contributed by atoms with Gasteiger partial charge < -0.3 is 10.6 Å². The van der Waals surface area contributed by atoms with Crippen LogP contribution in [0.3, 0.4) is 0 Å². The fraction of sp³-hybridized carbons (Fsp3) is 0.625. The van der Waals surface area contributed by atoms with Gasteiger partial charge in [0.05, 0.1) is 0 Å². The van der Waals surface area contributed by atoms with Gasteiger partial charge in [0.25, 0.3) is 0 Å². The molecule has 2 rings (SSSR count). The van der Waals surface area contributed by atoms with E-state index >= 15 is 0 Å². The second kappa shape index (κ2) is 6.79. The summed E-state index contributed by atoms with van der Waals surface area (Å²) < 4.78 is 0. The lowest BCUT2D eigenvalue weighted by molar-refractivity contribution is 0.254. The smallest absolute Gasteiger partial charge is 0.0440 e. The normalized spacial score (nSPS) is 17.2. The Morgan fingerprint density at radius 3 is 2.50 bits per heavy atom. The van der Waals surface area contributed by atoms with E-state index in [0.29, 0.717) is 6.04 Å². The molecule has 1 aliphatic rings. The van der Waals surface area contributed by atoms with Crippen LogP contribution in [0.2, 0.25) is 0 Å². The van der Waals surface area contributed by atoms with Gasteiger partial charge in [-0.3, -0.25) is 0 Å². The summed E-state index contributed by atoms with van der Waals surface area (Å²) in [6.45, 7) is 4.17. The van der Waals surface area contributed by atoms with Crippen molar-refractivity contribution in [2.75, 3.05) is 18.0 Å². The van der Waals surface area contributed by atoms with E-state index in [9.17, 15) is 0 Å². The minimum atomic E-state index is 0.535. The molecule has 0 saturated heterocycles.